The zero-order valence-corrected chi connectivity index (χ0v) is 12.7. The van der Waals surface area contributed by atoms with Gasteiger partial charge in [0.2, 0.25) is 17.7 Å². The highest BCUT2D eigenvalue weighted by Crippen LogP contribution is 2.24. The van der Waals surface area contributed by atoms with Gasteiger partial charge >= 0.3 is 5.97 Å². The summed E-state index contributed by atoms with van der Waals surface area (Å²) in [5, 5.41) is 4.90. The molecule has 0 saturated carbocycles. The maximum absolute atomic E-state index is 11.8. The van der Waals surface area contributed by atoms with E-state index in [1.54, 1.807) is 0 Å². The third kappa shape index (κ3) is 4.16. The van der Waals surface area contributed by atoms with Crippen LogP contribution in [0.4, 0.5) is 0 Å². The summed E-state index contributed by atoms with van der Waals surface area (Å²) in [6.07, 6.45) is 2.29. The van der Waals surface area contributed by atoms with Crippen LogP contribution in [0.2, 0.25) is 0 Å². The van der Waals surface area contributed by atoms with Crippen molar-refractivity contribution in [3.8, 4) is 0 Å². The van der Waals surface area contributed by atoms with E-state index < -0.39 is 5.97 Å². The van der Waals surface area contributed by atoms with Gasteiger partial charge in [-0.15, -0.1) is 0 Å². The minimum Gasteiger partial charge on any atom is -0.462 e. The second kappa shape index (κ2) is 6.72. The highest BCUT2D eigenvalue weighted by Gasteiger charge is 2.28. The lowest BCUT2D eigenvalue weighted by Crippen LogP contribution is -2.40. The first-order valence-electron chi connectivity index (χ1n) is 7.37. The number of nitrogens with one attached hydrogen (secondary N) is 2. The van der Waals surface area contributed by atoms with Gasteiger partial charge in [-0.2, -0.15) is 0 Å². The molecule has 0 radical (unpaired) electrons. The van der Waals surface area contributed by atoms with Crippen LogP contribution in [0, 0.1) is 17.8 Å². The van der Waals surface area contributed by atoms with Gasteiger partial charge in [-0.25, -0.2) is 4.79 Å². The summed E-state index contributed by atoms with van der Waals surface area (Å²) in [5.41, 5.74) is 0.547. The van der Waals surface area contributed by atoms with Crippen LogP contribution in [0.25, 0.3) is 0 Å². The number of hydrogen-bond acceptors (Lipinski definition) is 5. The number of imide groups is 1. The van der Waals surface area contributed by atoms with Gasteiger partial charge in [0, 0.05) is 36.5 Å². The minimum atomic E-state index is -0.574. The Bertz CT molecular complexity index is 524. The number of hydrogen-bond donors (Lipinski definition) is 2. The lowest BCUT2D eigenvalue weighted by atomic mass is 9.89. The van der Waals surface area contributed by atoms with Gasteiger partial charge in [-0.05, 0) is 12.3 Å². The monoisotopic (exact) mass is 308 g/mol. The first-order chi connectivity index (χ1) is 10.3. The first kappa shape index (κ1) is 16.2. The fraction of sp³-hybridized carbons (Fsp3) is 0.600. The molecule has 0 unspecified atom stereocenters. The van der Waals surface area contributed by atoms with Crippen LogP contribution in [0.15, 0.2) is 11.8 Å². The molecule has 2 N–H and O–H groups in total. The van der Waals surface area contributed by atoms with E-state index in [-0.39, 0.29) is 54.9 Å². The molecule has 0 bridgehead atoms. The molecule has 2 aliphatic rings. The molecule has 7 heteroatoms. The summed E-state index contributed by atoms with van der Waals surface area (Å²) in [5.74, 6) is -1.67. The predicted molar refractivity (Wildman–Crippen MR) is 76.0 cm³/mol. The molecule has 7 nitrogen and oxygen atoms in total. The Morgan fingerprint density at radius 3 is 2.41 bits per heavy atom. The summed E-state index contributed by atoms with van der Waals surface area (Å²) in [6.45, 7) is 3.78. The van der Waals surface area contributed by atoms with Crippen LogP contribution in [0.3, 0.4) is 0 Å². The first-order valence-corrected chi connectivity index (χ1v) is 7.37. The van der Waals surface area contributed by atoms with Crippen molar-refractivity contribution in [3.05, 3.63) is 11.8 Å². The van der Waals surface area contributed by atoms with Crippen LogP contribution < -0.4 is 10.6 Å². The highest BCUT2D eigenvalue weighted by atomic mass is 16.5. The van der Waals surface area contributed by atoms with Crippen LogP contribution >= 0.6 is 0 Å². The van der Waals surface area contributed by atoms with Crippen molar-refractivity contribution < 1.29 is 23.9 Å². The molecular formula is C15H20N2O5. The molecule has 2 fully saturated rings. The Balaban J connectivity index is 1.87. The molecule has 2 aliphatic heterocycles. The molecule has 0 aromatic carbocycles. The van der Waals surface area contributed by atoms with E-state index in [9.17, 15) is 19.2 Å². The lowest BCUT2D eigenvalue weighted by Gasteiger charge is -2.27. The van der Waals surface area contributed by atoms with Crippen molar-refractivity contribution in [2.75, 3.05) is 6.61 Å². The van der Waals surface area contributed by atoms with Crippen LogP contribution in [0.1, 0.15) is 33.1 Å². The SMILES string of the molecule is C[C@@H]1C[C@H](C)/C(=C/C(=O)OCC2CC(=O)NC(=O)C2)NC1=O. The highest BCUT2D eigenvalue weighted by molar-refractivity contribution is 5.97. The van der Waals surface area contributed by atoms with Crippen molar-refractivity contribution in [2.45, 2.75) is 33.1 Å². The van der Waals surface area contributed by atoms with Gasteiger partial charge < -0.3 is 10.1 Å². The Labute approximate surface area is 128 Å². The summed E-state index contributed by atoms with van der Waals surface area (Å²) in [6, 6.07) is 0. The second-order valence-electron chi connectivity index (χ2n) is 6.00. The average molecular weight is 308 g/mol. The molecule has 3 amide bonds. The van der Waals surface area contributed by atoms with Gasteiger partial charge in [0.25, 0.3) is 0 Å². The molecule has 0 aliphatic carbocycles. The Hall–Kier alpha value is -2.18. The van der Waals surface area contributed by atoms with E-state index in [1.807, 2.05) is 13.8 Å². The number of rotatable bonds is 3. The summed E-state index contributed by atoms with van der Waals surface area (Å²) >= 11 is 0. The number of esters is 1. The molecule has 120 valence electrons. The standard InChI is InChI=1S/C15H20N2O5/c1-8-3-9(2)15(21)16-11(8)6-14(20)22-7-10-4-12(18)17-13(19)5-10/h6,8-10H,3-5,7H2,1-2H3,(H,16,21)(H,17,18,19)/b11-6-/t8-,9+/m0/s1. The summed E-state index contributed by atoms with van der Waals surface area (Å²) in [7, 11) is 0. The van der Waals surface area contributed by atoms with E-state index >= 15 is 0 Å². The summed E-state index contributed by atoms with van der Waals surface area (Å²) < 4.78 is 5.09. The van der Waals surface area contributed by atoms with E-state index in [2.05, 4.69) is 10.6 Å². The second-order valence-corrected chi connectivity index (χ2v) is 6.00. The van der Waals surface area contributed by atoms with Gasteiger partial charge in [0.05, 0.1) is 6.61 Å². The predicted octanol–water partition coefficient (Wildman–Crippen LogP) is 0.258. The number of carbonyl (C=O) groups is 4. The Morgan fingerprint density at radius 1 is 1.14 bits per heavy atom. The molecule has 2 atom stereocenters. The maximum atomic E-state index is 11.8. The van der Waals surface area contributed by atoms with E-state index in [0.717, 1.165) is 0 Å². The molecular weight excluding hydrogens is 288 g/mol. The van der Waals surface area contributed by atoms with Crippen molar-refractivity contribution in [3.63, 3.8) is 0 Å². The van der Waals surface area contributed by atoms with Crippen LogP contribution in [0.5, 0.6) is 0 Å². The number of piperidine rings is 2. The summed E-state index contributed by atoms with van der Waals surface area (Å²) in [4.78, 5) is 45.9. The van der Waals surface area contributed by atoms with Crippen molar-refractivity contribution in [1.29, 1.82) is 0 Å². The zero-order valence-electron chi connectivity index (χ0n) is 12.7. The van der Waals surface area contributed by atoms with E-state index in [1.165, 1.54) is 6.08 Å². The Morgan fingerprint density at radius 2 is 1.77 bits per heavy atom. The van der Waals surface area contributed by atoms with Gasteiger partial charge in [0.15, 0.2) is 0 Å². The fourth-order valence-electron chi connectivity index (χ4n) is 2.67. The van der Waals surface area contributed by atoms with E-state index in [0.29, 0.717) is 12.1 Å². The molecule has 2 saturated heterocycles. The number of amides is 3. The number of carbonyl (C=O) groups excluding carboxylic acids is 4. The zero-order chi connectivity index (χ0) is 16.3. The quantitative estimate of drug-likeness (QED) is 0.442. The van der Waals surface area contributed by atoms with Crippen molar-refractivity contribution >= 4 is 23.7 Å². The lowest BCUT2D eigenvalue weighted by molar-refractivity contribution is -0.144. The number of ether oxygens (including phenoxy) is 1. The molecule has 22 heavy (non-hydrogen) atoms. The van der Waals surface area contributed by atoms with Gasteiger partial charge in [0.1, 0.15) is 0 Å². The molecule has 2 rings (SSSR count). The molecule has 0 aromatic heterocycles. The van der Waals surface area contributed by atoms with Crippen LogP contribution in [-0.4, -0.2) is 30.3 Å². The average Bonchev–Trinajstić information content (AvgIpc) is 2.41. The van der Waals surface area contributed by atoms with Crippen LogP contribution in [-0.2, 0) is 23.9 Å². The van der Waals surface area contributed by atoms with Crippen molar-refractivity contribution in [2.24, 2.45) is 17.8 Å². The normalized spacial score (nSPS) is 28.3. The van der Waals surface area contributed by atoms with Crippen molar-refractivity contribution in [1.82, 2.24) is 10.6 Å². The fourth-order valence-corrected chi connectivity index (χ4v) is 2.67. The smallest absolute Gasteiger partial charge is 0.332 e. The van der Waals surface area contributed by atoms with E-state index in [4.69, 9.17) is 4.74 Å². The molecule has 0 aromatic rings. The maximum Gasteiger partial charge on any atom is 0.332 e. The van der Waals surface area contributed by atoms with Gasteiger partial charge in [-0.1, -0.05) is 13.8 Å². The third-order valence-corrected chi connectivity index (χ3v) is 3.91. The minimum absolute atomic E-state index is 0.0144. The molecule has 2 heterocycles. The molecule has 0 spiro atoms. The topological polar surface area (TPSA) is 102 Å². The third-order valence-electron chi connectivity index (χ3n) is 3.91. The largest absolute Gasteiger partial charge is 0.462 e. The Kier molecular flexibility index (Phi) is 4.95. The number of allylic oxidation sites excluding steroid dienone is 1. The van der Waals surface area contributed by atoms with Gasteiger partial charge in [-0.3, -0.25) is 19.7 Å².